The van der Waals surface area contributed by atoms with Crippen LogP contribution in [0.25, 0.3) is 0 Å². The first-order chi connectivity index (χ1) is 12.6. The van der Waals surface area contributed by atoms with Gasteiger partial charge in [0.25, 0.3) is 0 Å². The topological polar surface area (TPSA) is 46.5 Å². The highest BCUT2D eigenvalue weighted by molar-refractivity contribution is 5.69. The molecule has 3 nitrogen and oxygen atoms in total. The fourth-order valence-corrected chi connectivity index (χ4v) is 3.56. The van der Waals surface area contributed by atoms with E-state index in [1.54, 1.807) is 6.92 Å². The van der Waals surface area contributed by atoms with Gasteiger partial charge in [-0.1, -0.05) is 49.8 Å². The number of benzene rings is 1. The Labute approximate surface area is 157 Å². The number of carbonyl (C=O) groups is 1. The number of carboxylic acid groups (broad SMARTS) is 1. The summed E-state index contributed by atoms with van der Waals surface area (Å²) >= 11 is 0. The van der Waals surface area contributed by atoms with Crippen LogP contribution in [0, 0.1) is 17.8 Å². The fraction of sp³-hybridized carbons (Fsp3) is 0.522. The van der Waals surface area contributed by atoms with Gasteiger partial charge in [-0.3, -0.25) is 4.79 Å². The molecule has 140 valence electrons. The van der Waals surface area contributed by atoms with Crippen LogP contribution in [0.15, 0.2) is 35.9 Å². The van der Waals surface area contributed by atoms with Gasteiger partial charge >= 0.3 is 5.97 Å². The molecule has 2 rings (SSSR count). The summed E-state index contributed by atoms with van der Waals surface area (Å²) < 4.78 is 5.93. The molecule has 0 unspecified atom stereocenters. The van der Waals surface area contributed by atoms with Crippen molar-refractivity contribution >= 4 is 5.97 Å². The maximum Gasteiger partial charge on any atom is 0.304 e. The van der Waals surface area contributed by atoms with E-state index in [1.165, 1.54) is 37.7 Å². The first kappa shape index (κ1) is 20.1. The molecule has 26 heavy (non-hydrogen) atoms. The quantitative estimate of drug-likeness (QED) is 0.466. The third-order valence-electron chi connectivity index (χ3n) is 5.16. The van der Waals surface area contributed by atoms with Gasteiger partial charge in [0, 0.05) is 0 Å². The van der Waals surface area contributed by atoms with Crippen molar-refractivity contribution in [1.29, 1.82) is 0 Å². The van der Waals surface area contributed by atoms with Crippen molar-refractivity contribution in [2.75, 3.05) is 6.61 Å². The van der Waals surface area contributed by atoms with Crippen LogP contribution in [-0.4, -0.2) is 17.7 Å². The second kappa shape index (κ2) is 10.7. The van der Waals surface area contributed by atoms with Crippen LogP contribution in [0.1, 0.15) is 70.3 Å². The molecule has 0 heterocycles. The van der Waals surface area contributed by atoms with Crippen LogP contribution in [0.3, 0.4) is 0 Å². The summed E-state index contributed by atoms with van der Waals surface area (Å²) in [6, 6.07) is 7.65. The van der Waals surface area contributed by atoms with Crippen molar-refractivity contribution in [2.45, 2.75) is 64.7 Å². The van der Waals surface area contributed by atoms with Crippen LogP contribution in [-0.2, 0) is 4.79 Å². The van der Waals surface area contributed by atoms with Crippen molar-refractivity contribution in [2.24, 2.45) is 5.92 Å². The third-order valence-corrected chi connectivity index (χ3v) is 5.16. The summed E-state index contributed by atoms with van der Waals surface area (Å²) in [7, 11) is 0. The summed E-state index contributed by atoms with van der Waals surface area (Å²) in [4.78, 5) is 11.0. The second-order valence-electron chi connectivity index (χ2n) is 7.04. The molecule has 1 aliphatic rings. The second-order valence-corrected chi connectivity index (χ2v) is 7.04. The lowest BCUT2D eigenvalue weighted by Crippen LogP contribution is -2.05. The molecule has 0 saturated heterocycles. The molecule has 0 aliphatic heterocycles. The Morgan fingerprint density at radius 1 is 1.31 bits per heavy atom. The summed E-state index contributed by atoms with van der Waals surface area (Å²) in [5.41, 5.74) is 2.27. The summed E-state index contributed by atoms with van der Waals surface area (Å²) in [5, 5.41) is 9.03. The van der Waals surface area contributed by atoms with E-state index in [1.807, 2.05) is 24.3 Å². The Bertz CT molecular complexity index is 655. The highest BCUT2D eigenvalue weighted by atomic mass is 16.5. The first-order valence-corrected chi connectivity index (χ1v) is 9.63. The van der Waals surface area contributed by atoms with E-state index in [-0.39, 0.29) is 12.3 Å². The van der Waals surface area contributed by atoms with E-state index in [0.717, 1.165) is 23.7 Å². The van der Waals surface area contributed by atoms with Crippen molar-refractivity contribution in [3.8, 4) is 17.6 Å². The zero-order valence-electron chi connectivity index (χ0n) is 16.0. The molecule has 1 aromatic carbocycles. The van der Waals surface area contributed by atoms with Crippen molar-refractivity contribution in [3.63, 3.8) is 0 Å². The standard InChI is InChI=1S/C23H30O3/c1-3-7-21(16-23(24)25)20-12-14-22(15-13-20)26-17-18(4-2)10-11-19-8-5-6-9-19/h4,12-15,19,21H,5-6,8-11,16-17H2,1-2H3,(H,24,25)/b18-4+/t21-/m0/s1. The minimum atomic E-state index is -0.835. The van der Waals surface area contributed by atoms with Gasteiger partial charge in [0.1, 0.15) is 12.4 Å². The molecule has 1 N–H and O–H groups in total. The van der Waals surface area contributed by atoms with Gasteiger partial charge in [0.05, 0.1) is 12.3 Å². The molecule has 0 aromatic heterocycles. The molecular weight excluding hydrogens is 324 g/mol. The van der Waals surface area contributed by atoms with Crippen LogP contribution >= 0.6 is 0 Å². The van der Waals surface area contributed by atoms with Crippen molar-refractivity contribution in [3.05, 3.63) is 41.5 Å². The summed E-state index contributed by atoms with van der Waals surface area (Å²) in [6.45, 7) is 4.43. The molecule has 0 amide bonds. The Hall–Kier alpha value is -2.21. The average Bonchev–Trinajstić information content (AvgIpc) is 3.15. The highest BCUT2D eigenvalue weighted by Gasteiger charge is 2.15. The normalized spacial score (nSPS) is 16.0. The molecule has 0 bridgehead atoms. The predicted octanol–water partition coefficient (Wildman–Crippen LogP) is 5.56. The van der Waals surface area contributed by atoms with E-state index in [0.29, 0.717) is 6.61 Å². The van der Waals surface area contributed by atoms with Gasteiger partial charge in [-0.2, -0.15) is 0 Å². The lowest BCUT2D eigenvalue weighted by Gasteiger charge is -2.14. The van der Waals surface area contributed by atoms with Crippen molar-refractivity contribution < 1.29 is 14.6 Å². The number of ether oxygens (including phenoxy) is 1. The Morgan fingerprint density at radius 3 is 2.58 bits per heavy atom. The van der Waals surface area contributed by atoms with Crippen LogP contribution in [0.2, 0.25) is 0 Å². The lowest BCUT2D eigenvalue weighted by atomic mass is 9.96. The first-order valence-electron chi connectivity index (χ1n) is 9.63. The Kier molecular flexibility index (Phi) is 8.28. The number of allylic oxidation sites excluding steroid dienone is 1. The molecule has 1 fully saturated rings. The number of carboxylic acids is 1. The van der Waals surface area contributed by atoms with Gasteiger partial charge in [-0.05, 0) is 55.9 Å². The number of hydrogen-bond donors (Lipinski definition) is 1. The predicted molar refractivity (Wildman–Crippen MR) is 105 cm³/mol. The van der Waals surface area contributed by atoms with Crippen molar-refractivity contribution in [1.82, 2.24) is 0 Å². The minimum absolute atomic E-state index is 0.0188. The number of aliphatic carboxylic acids is 1. The Balaban J connectivity index is 1.86. The van der Waals surface area contributed by atoms with E-state index >= 15 is 0 Å². The number of hydrogen-bond acceptors (Lipinski definition) is 2. The zero-order valence-corrected chi connectivity index (χ0v) is 16.0. The maximum atomic E-state index is 11.0. The van der Waals surface area contributed by atoms with Gasteiger partial charge in [-0.15, -0.1) is 5.92 Å². The van der Waals surface area contributed by atoms with Crippen LogP contribution in [0.4, 0.5) is 0 Å². The molecule has 1 atom stereocenters. The van der Waals surface area contributed by atoms with E-state index < -0.39 is 5.97 Å². The highest BCUT2D eigenvalue weighted by Crippen LogP contribution is 2.30. The van der Waals surface area contributed by atoms with Gasteiger partial charge in [0.15, 0.2) is 0 Å². The molecule has 1 aromatic rings. The van der Waals surface area contributed by atoms with E-state index in [2.05, 4.69) is 24.8 Å². The van der Waals surface area contributed by atoms with E-state index in [9.17, 15) is 4.79 Å². The summed E-state index contributed by atoms with van der Waals surface area (Å²) in [5.74, 6) is 6.39. The lowest BCUT2D eigenvalue weighted by molar-refractivity contribution is -0.137. The molecule has 3 heteroatoms. The maximum absolute atomic E-state index is 11.0. The Morgan fingerprint density at radius 2 is 2.00 bits per heavy atom. The minimum Gasteiger partial charge on any atom is -0.489 e. The molecule has 1 saturated carbocycles. The molecular formula is C23H30O3. The molecule has 0 spiro atoms. The van der Waals surface area contributed by atoms with Gasteiger partial charge in [0.2, 0.25) is 0 Å². The zero-order chi connectivity index (χ0) is 18.8. The third kappa shape index (κ3) is 6.59. The van der Waals surface area contributed by atoms with Crippen LogP contribution in [0.5, 0.6) is 5.75 Å². The largest absolute Gasteiger partial charge is 0.489 e. The van der Waals surface area contributed by atoms with Gasteiger partial charge in [-0.25, -0.2) is 0 Å². The van der Waals surface area contributed by atoms with E-state index in [4.69, 9.17) is 9.84 Å². The SMILES string of the molecule is CC#C[C@@H](CC(=O)O)c1ccc(OC/C(=C/C)CCC2CCCC2)cc1. The average molecular weight is 354 g/mol. The smallest absolute Gasteiger partial charge is 0.304 e. The number of rotatable bonds is 9. The van der Waals surface area contributed by atoms with Crippen LogP contribution < -0.4 is 4.74 Å². The molecule has 1 aliphatic carbocycles. The van der Waals surface area contributed by atoms with Gasteiger partial charge < -0.3 is 9.84 Å². The monoisotopic (exact) mass is 354 g/mol. The fourth-order valence-electron chi connectivity index (χ4n) is 3.56. The molecule has 0 radical (unpaired) electrons. The summed E-state index contributed by atoms with van der Waals surface area (Å²) in [6.07, 6.45) is 10.1.